The molecule has 0 atom stereocenters. The van der Waals surface area contributed by atoms with Gasteiger partial charge in [0.05, 0.1) is 5.52 Å². The van der Waals surface area contributed by atoms with Crippen LogP contribution < -0.4 is 0 Å². The van der Waals surface area contributed by atoms with Gasteiger partial charge in [-0.3, -0.25) is 0 Å². The normalized spacial score (nSPS) is 11.5. The van der Waals surface area contributed by atoms with E-state index in [0.29, 0.717) is 5.92 Å². The van der Waals surface area contributed by atoms with Gasteiger partial charge in [-0.1, -0.05) is 13.8 Å². The molecule has 3 nitrogen and oxygen atoms in total. The van der Waals surface area contributed by atoms with E-state index in [1.165, 1.54) is 0 Å². The highest BCUT2D eigenvalue weighted by molar-refractivity contribution is 9.10. The van der Waals surface area contributed by atoms with Crippen LogP contribution in [0, 0.1) is 5.92 Å². The van der Waals surface area contributed by atoms with Gasteiger partial charge in [0.25, 0.3) is 0 Å². The molecule has 0 aliphatic heterocycles. The number of aromatic hydroxyl groups is 1. The molecule has 0 aliphatic carbocycles. The molecule has 0 spiro atoms. The largest absolute Gasteiger partial charge is 0.508 e. The minimum Gasteiger partial charge on any atom is -0.508 e. The summed E-state index contributed by atoms with van der Waals surface area (Å²) in [5.74, 6) is 1.85. The van der Waals surface area contributed by atoms with Crippen molar-refractivity contribution in [1.82, 2.24) is 9.38 Å². The highest BCUT2D eigenvalue weighted by Gasteiger charge is 2.10. The Morgan fingerprint density at radius 2 is 2.27 bits per heavy atom. The van der Waals surface area contributed by atoms with Gasteiger partial charge >= 0.3 is 0 Å². The Balaban J connectivity index is 2.57. The van der Waals surface area contributed by atoms with Gasteiger partial charge in [-0.2, -0.15) is 0 Å². The number of rotatable bonds is 2. The zero-order valence-corrected chi connectivity index (χ0v) is 10.3. The minimum absolute atomic E-state index is 0.263. The third-order valence-corrected chi connectivity index (χ3v) is 2.83. The summed E-state index contributed by atoms with van der Waals surface area (Å²) in [7, 11) is 0. The summed E-state index contributed by atoms with van der Waals surface area (Å²) in [6, 6.07) is 3.38. The summed E-state index contributed by atoms with van der Waals surface area (Å²) >= 11 is 3.40. The lowest BCUT2D eigenvalue weighted by atomic mass is 10.1. The van der Waals surface area contributed by atoms with Gasteiger partial charge in [0.2, 0.25) is 0 Å². The first-order valence-electron chi connectivity index (χ1n) is 4.93. The van der Waals surface area contributed by atoms with E-state index in [1.54, 1.807) is 12.1 Å². The lowest BCUT2D eigenvalue weighted by Crippen LogP contribution is -1.99. The van der Waals surface area contributed by atoms with Crippen LogP contribution >= 0.6 is 15.9 Å². The number of pyridine rings is 1. The predicted octanol–water partition coefficient (Wildman–Crippen LogP) is 3.00. The number of nitrogens with zero attached hydrogens (tertiary/aromatic N) is 2. The second-order valence-corrected chi connectivity index (χ2v) is 4.81. The summed E-state index contributed by atoms with van der Waals surface area (Å²) in [5.41, 5.74) is 0.908. The first-order valence-corrected chi connectivity index (χ1v) is 5.72. The molecule has 1 N–H and O–H groups in total. The Hall–Kier alpha value is -1.03. The van der Waals surface area contributed by atoms with Gasteiger partial charge in [0, 0.05) is 18.7 Å². The maximum Gasteiger partial charge on any atom is 0.132 e. The van der Waals surface area contributed by atoms with E-state index in [-0.39, 0.29) is 5.75 Å². The second kappa shape index (κ2) is 3.85. The van der Waals surface area contributed by atoms with E-state index in [9.17, 15) is 5.11 Å². The highest BCUT2D eigenvalue weighted by atomic mass is 79.9. The summed E-state index contributed by atoms with van der Waals surface area (Å²) in [6.45, 7) is 4.32. The van der Waals surface area contributed by atoms with Crippen molar-refractivity contribution in [1.29, 1.82) is 0 Å². The van der Waals surface area contributed by atoms with Crippen LogP contribution in [0.3, 0.4) is 0 Å². The van der Waals surface area contributed by atoms with Gasteiger partial charge in [-0.25, -0.2) is 4.98 Å². The van der Waals surface area contributed by atoms with Gasteiger partial charge in [-0.05, 0) is 27.9 Å². The summed E-state index contributed by atoms with van der Waals surface area (Å²) in [4.78, 5) is 4.44. The van der Waals surface area contributed by atoms with Crippen LogP contribution in [0.2, 0.25) is 0 Å². The Morgan fingerprint density at radius 1 is 1.53 bits per heavy atom. The lowest BCUT2D eigenvalue weighted by Gasteiger charge is -2.03. The molecular weight excluding hydrogens is 256 g/mol. The van der Waals surface area contributed by atoms with Crippen LogP contribution in [0.1, 0.15) is 19.7 Å². The molecule has 0 unspecified atom stereocenters. The van der Waals surface area contributed by atoms with Gasteiger partial charge in [-0.15, -0.1) is 0 Å². The smallest absolute Gasteiger partial charge is 0.132 e. The van der Waals surface area contributed by atoms with Crippen molar-refractivity contribution in [3.63, 3.8) is 0 Å². The lowest BCUT2D eigenvalue weighted by molar-refractivity contribution is 0.475. The van der Waals surface area contributed by atoms with E-state index in [2.05, 4.69) is 34.8 Å². The van der Waals surface area contributed by atoms with E-state index < -0.39 is 0 Å². The molecule has 0 aromatic carbocycles. The molecule has 0 saturated heterocycles. The van der Waals surface area contributed by atoms with Crippen molar-refractivity contribution in [2.45, 2.75) is 20.3 Å². The quantitative estimate of drug-likeness (QED) is 0.910. The first-order chi connectivity index (χ1) is 7.08. The third kappa shape index (κ3) is 2.00. The molecule has 0 bridgehead atoms. The van der Waals surface area contributed by atoms with Crippen LogP contribution in [-0.2, 0) is 6.42 Å². The average Bonchev–Trinajstić information content (AvgIpc) is 2.42. The van der Waals surface area contributed by atoms with Crippen LogP contribution in [0.15, 0.2) is 22.9 Å². The number of hydrogen-bond acceptors (Lipinski definition) is 2. The van der Waals surface area contributed by atoms with E-state index in [4.69, 9.17) is 0 Å². The molecule has 2 aromatic rings. The Labute approximate surface area is 96.9 Å². The fourth-order valence-corrected chi connectivity index (χ4v) is 2.12. The Morgan fingerprint density at radius 3 is 2.93 bits per heavy atom. The van der Waals surface area contributed by atoms with Crippen LogP contribution in [0.5, 0.6) is 5.75 Å². The Bertz CT molecular complexity index is 491. The van der Waals surface area contributed by atoms with Crippen molar-refractivity contribution in [2.75, 3.05) is 0 Å². The fourth-order valence-electron chi connectivity index (χ4n) is 1.61. The highest BCUT2D eigenvalue weighted by Crippen LogP contribution is 2.23. The van der Waals surface area contributed by atoms with Crippen molar-refractivity contribution in [2.24, 2.45) is 5.92 Å². The molecule has 2 aromatic heterocycles. The first kappa shape index (κ1) is 10.5. The van der Waals surface area contributed by atoms with Crippen molar-refractivity contribution >= 4 is 21.4 Å². The predicted molar refractivity (Wildman–Crippen MR) is 63.1 cm³/mol. The number of imidazole rings is 1. The number of aromatic nitrogens is 2. The monoisotopic (exact) mass is 268 g/mol. The van der Waals surface area contributed by atoms with Crippen LogP contribution in [-0.4, -0.2) is 14.5 Å². The molecule has 0 amide bonds. The molecule has 0 radical (unpaired) electrons. The summed E-state index contributed by atoms with van der Waals surface area (Å²) < 4.78 is 2.79. The topological polar surface area (TPSA) is 37.5 Å². The molecule has 2 rings (SSSR count). The number of halogens is 1. The maximum atomic E-state index is 9.38. The van der Waals surface area contributed by atoms with E-state index in [1.807, 2.05) is 10.6 Å². The molecule has 0 fully saturated rings. The van der Waals surface area contributed by atoms with Crippen molar-refractivity contribution in [3.05, 3.63) is 28.8 Å². The molecule has 2 heterocycles. The number of hydrogen-bond donors (Lipinski definition) is 1. The van der Waals surface area contributed by atoms with Crippen LogP contribution in [0.25, 0.3) is 5.52 Å². The molecular formula is C11H13BrN2O. The van der Waals surface area contributed by atoms with Crippen LogP contribution in [0.4, 0.5) is 0 Å². The molecule has 15 heavy (non-hydrogen) atoms. The van der Waals surface area contributed by atoms with E-state index in [0.717, 1.165) is 22.4 Å². The second-order valence-electron chi connectivity index (χ2n) is 4.06. The zero-order chi connectivity index (χ0) is 11.0. The maximum absolute atomic E-state index is 9.38. The SMILES string of the molecule is CC(C)Cc1nc(Br)c2cc(O)ccn12. The zero-order valence-electron chi connectivity index (χ0n) is 8.74. The van der Waals surface area contributed by atoms with Crippen molar-refractivity contribution in [3.8, 4) is 5.75 Å². The summed E-state index contributed by atoms with van der Waals surface area (Å²) in [5, 5.41) is 9.38. The molecule has 4 heteroatoms. The fraction of sp³-hybridized carbons (Fsp3) is 0.364. The third-order valence-electron chi connectivity index (χ3n) is 2.25. The summed E-state index contributed by atoms with van der Waals surface area (Å²) in [6.07, 6.45) is 2.78. The Kier molecular flexibility index (Phi) is 2.69. The van der Waals surface area contributed by atoms with Gasteiger partial charge < -0.3 is 9.51 Å². The average molecular weight is 269 g/mol. The van der Waals surface area contributed by atoms with E-state index >= 15 is 0 Å². The molecule has 0 saturated carbocycles. The molecule has 0 aliphatic rings. The van der Waals surface area contributed by atoms with Gasteiger partial charge in [0.15, 0.2) is 0 Å². The molecule has 80 valence electrons. The standard InChI is InChI=1S/C11H13BrN2O/c1-7(2)5-10-13-11(12)9-6-8(15)3-4-14(9)10/h3-4,6-7,15H,5H2,1-2H3. The van der Waals surface area contributed by atoms with Crippen molar-refractivity contribution < 1.29 is 5.11 Å². The minimum atomic E-state index is 0.263. The number of fused-ring (bicyclic) bond motifs is 1. The van der Waals surface area contributed by atoms with Gasteiger partial charge in [0.1, 0.15) is 16.2 Å².